The Labute approximate surface area is 123 Å². The normalized spacial score (nSPS) is 10.8. The number of hydrogen-bond donors (Lipinski definition) is 1. The Morgan fingerprint density at radius 1 is 1.43 bits per heavy atom. The molecule has 6 heteroatoms. The minimum absolute atomic E-state index is 0.103. The van der Waals surface area contributed by atoms with Crippen molar-refractivity contribution < 1.29 is 9.15 Å². The van der Waals surface area contributed by atoms with Crippen LogP contribution in [0.15, 0.2) is 33.8 Å². The fourth-order valence-corrected chi connectivity index (χ4v) is 1.67. The SMILES string of the molecule is COc1ccccc1/C=N/Nc1oc(C(C)C)nc1C#N. The van der Waals surface area contributed by atoms with Crippen LogP contribution < -0.4 is 10.2 Å². The zero-order valence-corrected chi connectivity index (χ0v) is 12.1. The van der Waals surface area contributed by atoms with Crippen LogP contribution in [0.2, 0.25) is 0 Å². The first-order valence-corrected chi connectivity index (χ1v) is 6.48. The molecule has 0 unspecified atom stereocenters. The van der Waals surface area contributed by atoms with Crippen LogP contribution in [0.3, 0.4) is 0 Å². The van der Waals surface area contributed by atoms with Crippen LogP contribution in [0.25, 0.3) is 0 Å². The third kappa shape index (κ3) is 3.39. The Kier molecular flexibility index (Phi) is 4.57. The Hall–Kier alpha value is -2.81. The molecule has 1 N–H and O–H groups in total. The second kappa shape index (κ2) is 6.57. The van der Waals surface area contributed by atoms with Crippen molar-refractivity contribution in [2.45, 2.75) is 19.8 Å². The molecule has 0 radical (unpaired) electrons. The Morgan fingerprint density at radius 2 is 2.19 bits per heavy atom. The van der Waals surface area contributed by atoms with E-state index in [4.69, 9.17) is 14.4 Å². The van der Waals surface area contributed by atoms with Gasteiger partial charge in [0, 0.05) is 11.5 Å². The molecule has 1 aromatic carbocycles. The molecule has 6 nitrogen and oxygen atoms in total. The van der Waals surface area contributed by atoms with E-state index in [9.17, 15) is 0 Å². The van der Waals surface area contributed by atoms with Crippen molar-refractivity contribution in [3.63, 3.8) is 0 Å². The van der Waals surface area contributed by atoms with E-state index in [1.54, 1.807) is 13.3 Å². The minimum Gasteiger partial charge on any atom is -0.496 e. The minimum atomic E-state index is 0.103. The van der Waals surface area contributed by atoms with Crippen molar-refractivity contribution in [1.29, 1.82) is 5.26 Å². The number of hydrogen-bond acceptors (Lipinski definition) is 6. The highest BCUT2D eigenvalue weighted by Crippen LogP contribution is 2.22. The van der Waals surface area contributed by atoms with Crippen LogP contribution in [0, 0.1) is 11.3 Å². The second-order valence-electron chi connectivity index (χ2n) is 4.61. The van der Waals surface area contributed by atoms with E-state index in [1.165, 1.54) is 0 Å². The van der Waals surface area contributed by atoms with Gasteiger partial charge in [-0.1, -0.05) is 26.0 Å². The number of nitriles is 1. The highest BCUT2D eigenvalue weighted by Gasteiger charge is 2.14. The third-order valence-corrected chi connectivity index (χ3v) is 2.75. The fourth-order valence-electron chi connectivity index (χ4n) is 1.67. The largest absolute Gasteiger partial charge is 0.496 e. The van der Waals surface area contributed by atoms with Gasteiger partial charge in [0.2, 0.25) is 11.6 Å². The summed E-state index contributed by atoms with van der Waals surface area (Å²) in [5, 5.41) is 13.1. The van der Waals surface area contributed by atoms with Gasteiger partial charge in [-0.15, -0.1) is 0 Å². The van der Waals surface area contributed by atoms with Crippen LogP contribution >= 0.6 is 0 Å². The maximum Gasteiger partial charge on any atom is 0.252 e. The molecule has 0 atom stereocenters. The maximum atomic E-state index is 9.03. The molecule has 0 aliphatic heterocycles. The molecule has 0 aliphatic rings. The predicted molar refractivity (Wildman–Crippen MR) is 79.5 cm³/mol. The van der Waals surface area contributed by atoms with Gasteiger partial charge in [-0.3, -0.25) is 0 Å². The van der Waals surface area contributed by atoms with E-state index in [1.807, 2.05) is 44.2 Å². The number of oxazole rings is 1. The van der Waals surface area contributed by atoms with Gasteiger partial charge in [0.15, 0.2) is 0 Å². The van der Waals surface area contributed by atoms with E-state index in [0.717, 1.165) is 5.56 Å². The van der Waals surface area contributed by atoms with E-state index >= 15 is 0 Å². The molecular formula is C15H16N4O2. The molecule has 0 saturated carbocycles. The first-order valence-electron chi connectivity index (χ1n) is 6.48. The molecule has 1 aromatic heterocycles. The van der Waals surface area contributed by atoms with Gasteiger partial charge < -0.3 is 9.15 Å². The number of anilines is 1. The Bertz CT molecular complexity index is 683. The van der Waals surface area contributed by atoms with Crippen molar-refractivity contribution >= 4 is 12.1 Å². The summed E-state index contributed by atoms with van der Waals surface area (Å²) >= 11 is 0. The molecule has 0 aliphatic carbocycles. The Balaban J connectivity index is 2.16. The fraction of sp³-hybridized carbons (Fsp3) is 0.267. The highest BCUT2D eigenvalue weighted by molar-refractivity contribution is 5.83. The molecular weight excluding hydrogens is 268 g/mol. The molecule has 0 bridgehead atoms. The summed E-state index contributed by atoms with van der Waals surface area (Å²) in [6.45, 7) is 3.88. The molecule has 2 rings (SSSR count). The lowest BCUT2D eigenvalue weighted by atomic mass is 10.2. The van der Waals surface area contributed by atoms with Gasteiger partial charge >= 0.3 is 0 Å². The lowest BCUT2D eigenvalue weighted by Gasteiger charge is -2.02. The number of rotatable bonds is 5. The second-order valence-corrected chi connectivity index (χ2v) is 4.61. The number of nitrogens with zero attached hydrogens (tertiary/aromatic N) is 3. The summed E-state index contributed by atoms with van der Waals surface area (Å²) < 4.78 is 10.7. The van der Waals surface area contributed by atoms with Gasteiger partial charge in [-0.25, -0.2) is 10.4 Å². The monoisotopic (exact) mass is 284 g/mol. The van der Waals surface area contributed by atoms with Crippen LogP contribution in [0.4, 0.5) is 5.88 Å². The first-order chi connectivity index (χ1) is 10.2. The van der Waals surface area contributed by atoms with Gasteiger partial charge in [0.05, 0.1) is 13.3 Å². The molecule has 21 heavy (non-hydrogen) atoms. The third-order valence-electron chi connectivity index (χ3n) is 2.75. The number of benzene rings is 1. The van der Waals surface area contributed by atoms with Crippen molar-refractivity contribution in [1.82, 2.24) is 4.98 Å². The maximum absolute atomic E-state index is 9.03. The van der Waals surface area contributed by atoms with Crippen LogP contribution in [0.1, 0.15) is 36.9 Å². The standard InChI is InChI=1S/C15H16N4O2/c1-10(2)14-18-12(8-16)15(21-14)19-17-9-11-6-4-5-7-13(11)20-3/h4-7,9-10,19H,1-3H3/b17-9+. The highest BCUT2D eigenvalue weighted by atomic mass is 16.5. The summed E-state index contributed by atoms with van der Waals surface area (Å²) in [5.74, 6) is 1.56. The first kappa shape index (κ1) is 14.6. The lowest BCUT2D eigenvalue weighted by molar-refractivity contribution is 0.414. The topological polar surface area (TPSA) is 83.4 Å². The average Bonchev–Trinajstić information content (AvgIpc) is 2.91. The van der Waals surface area contributed by atoms with Crippen molar-refractivity contribution in [3.05, 3.63) is 41.4 Å². The quantitative estimate of drug-likeness (QED) is 0.673. The molecule has 2 aromatic rings. The number of aromatic nitrogens is 1. The number of para-hydroxylation sites is 1. The van der Waals surface area contributed by atoms with Crippen LogP contribution in [0.5, 0.6) is 5.75 Å². The summed E-state index contributed by atoms with van der Waals surface area (Å²) in [5.41, 5.74) is 3.71. The van der Waals surface area contributed by atoms with Crippen molar-refractivity contribution in [2.24, 2.45) is 5.10 Å². The predicted octanol–water partition coefficient (Wildman–Crippen LogP) is 3.12. The molecule has 108 valence electrons. The summed E-state index contributed by atoms with van der Waals surface area (Å²) in [6.07, 6.45) is 1.59. The zero-order chi connectivity index (χ0) is 15.2. The summed E-state index contributed by atoms with van der Waals surface area (Å²) in [6, 6.07) is 9.45. The van der Waals surface area contributed by atoms with E-state index in [-0.39, 0.29) is 17.5 Å². The smallest absolute Gasteiger partial charge is 0.252 e. The van der Waals surface area contributed by atoms with Crippen LogP contribution in [-0.2, 0) is 0 Å². The lowest BCUT2D eigenvalue weighted by Crippen LogP contribution is -1.94. The van der Waals surface area contributed by atoms with Gasteiger partial charge in [0.25, 0.3) is 5.88 Å². The molecule has 0 saturated heterocycles. The molecule has 0 amide bonds. The van der Waals surface area contributed by atoms with E-state index < -0.39 is 0 Å². The Morgan fingerprint density at radius 3 is 2.86 bits per heavy atom. The summed E-state index contributed by atoms with van der Waals surface area (Å²) in [4.78, 5) is 4.10. The average molecular weight is 284 g/mol. The van der Waals surface area contributed by atoms with E-state index in [2.05, 4.69) is 15.5 Å². The van der Waals surface area contributed by atoms with Gasteiger partial charge in [-0.05, 0) is 12.1 Å². The number of methoxy groups -OCH3 is 1. The van der Waals surface area contributed by atoms with Gasteiger partial charge in [-0.2, -0.15) is 10.4 Å². The number of nitrogens with one attached hydrogen (secondary N) is 1. The van der Waals surface area contributed by atoms with Crippen LogP contribution in [-0.4, -0.2) is 18.3 Å². The summed E-state index contributed by atoms with van der Waals surface area (Å²) in [7, 11) is 1.60. The van der Waals surface area contributed by atoms with Gasteiger partial charge in [0.1, 0.15) is 11.8 Å². The number of ether oxygens (including phenoxy) is 1. The molecule has 1 heterocycles. The van der Waals surface area contributed by atoms with Crippen molar-refractivity contribution in [3.8, 4) is 11.8 Å². The number of hydrazone groups is 1. The van der Waals surface area contributed by atoms with E-state index in [0.29, 0.717) is 11.6 Å². The molecule has 0 spiro atoms. The van der Waals surface area contributed by atoms with Crippen molar-refractivity contribution in [2.75, 3.05) is 12.5 Å². The molecule has 0 fully saturated rings. The zero-order valence-electron chi connectivity index (χ0n) is 12.1.